The number of ketones is 1. The summed E-state index contributed by atoms with van der Waals surface area (Å²) in [4.78, 5) is 16.3. The molecule has 0 unspecified atom stereocenters. The number of benzene rings is 1. The van der Waals surface area contributed by atoms with Gasteiger partial charge in [-0.05, 0) is 25.1 Å². The van der Waals surface area contributed by atoms with Gasteiger partial charge in [0.15, 0.2) is 5.78 Å². The third kappa shape index (κ3) is 3.36. The second kappa shape index (κ2) is 6.45. The van der Waals surface area contributed by atoms with Gasteiger partial charge in [-0.15, -0.1) is 0 Å². The second-order valence-electron chi connectivity index (χ2n) is 5.53. The topological polar surface area (TPSA) is 42.0 Å². The number of hydrogen-bond acceptors (Lipinski definition) is 5. The minimum Gasteiger partial charge on any atom is -0.490 e. The molecule has 2 aliphatic heterocycles. The average Bonchev–Trinajstić information content (AvgIpc) is 2.53. The zero-order valence-corrected chi connectivity index (χ0v) is 12.5. The summed E-state index contributed by atoms with van der Waals surface area (Å²) in [5, 5.41) is 0. The van der Waals surface area contributed by atoms with E-state index in [9.17, 15) is 4.79 Å². The first-order chi connectivity index (χ1) is 10.2. The lowest BCUT2D eigenvalue weighted by Crippen LogP contribution is -2.43. The molecule has 21 heavy (non-hydrogen) atoms. The van der Waals surface area contributed by atoms with Crippen molar-refractivity contribution in [1.29, 1.82) is 0 Å². The smallest absolute Gasteiger partial charge is 0.159 e. The molecular weight excluding hydrogens is 268 g/mol. The van der Waals surface area contributed by atoms with Crippen molar-refractivity contribution in [2.45, 2.75) is 6.92 Å². The first-order valence-corrected chi connectivity index (χ1v) is 7.57. The molecule has 0 spiro atoms. The molecule has 0 aliphatic carbocycles. The number of fused-ring (bicyclic) bond motifs is 1. The van der Waals surface area contributed by atoms with Gasteiger partial charge in [0.05, 0.1) is 25.4 Å². The lowest BCUT2D eigenvalue weighted by atomic mass is 10.1. The van der Waals surface area contributed by atoms with Gasteiger partial charge >= 0.3 is 0 Å². The number of carbonyl (C=O) groups is 1. The highest BCUT2D eigenvalue weighted by Gasteiger charge is 2.20. The Balaban J connectivity index is 1.69. The van der Waals surface area contributed by atoms with Crippen molar-refractivity contribution in [3.05, 3.63) is 23.8 Å². The van der Waals surface area contributed by atoms with Crippen LogP contribution in [0.4, 0.5) is 5.69 Å². The van der Waals surface area contributed by atoms with E-state index in [-0.39, 0.29) is 5.78 Å². The molecule has 0 amide bonds. The van der Waals surface area contributed by atoms with E-state index in [2.05, 4.69) is 9.80 Å². The zero-order chi connectivity index (χ0) is 14.7. The molecule has 0 N–H and O–H groups in total. The molecule has 3 rings (SSSR count). The standard InChI is InChI=1S/C16H22N2O3/c1-13(19)14-2-3-16-15(12-14)18(8-11-21-16)5-4-17-6-9-20-10-7-17/h2-3,12H,4-11H2,1H3. The Bertz CT molecular complexity index is 512. The molecular formula is C16H22N2O3. The molecule has 0 atom stereocenters. The number of carbonyl (C=O) groups excluding carboxylic acids is 1. The van der Waals surface area contributed by atoms with E-state index in [1.54, 1.807) is 6.92 Å². The SMILES string of the molecule is CC(=O)c1ccc2c(c1)N(CCN1CCOCC1)CCO2. The van der Waals surface area contributed by atoms with Gasteiger partial charge in [0.25, 0.3) is 0 Å². The molecule has 5 heteroatoms. The van der Waals surface area contributed by atoms with Crippen molar-refractivity contribution in [2.24, 2.45) is 0 Å². The molecule has 1 aromatic carbocycles. The molecule has 114 valence electrons. The van der Waals surface area contributed by atoms with Crippen molar-refractivity contribution >= 4 is 11.5 Å². The van der Waals surface area contributed by atoms with E-state index >= 15 is 0 Å². The first kappa shape index (κ1) is 14.4. The van der Waals surface area contributed by atoms with Crippen LogP contribution in [-0.4, -0.2) is 63.2 Å². The lowest BCUT2D eigenvalue weighted by Gasteiger charge is -2.34. The minimum absolute atomic E-state index is 0.0940. The number of nitrogens with zero attached hydrogens (tertiary/aromatic N) is 2. The molecule has 2 heterocycles. The molecule has 1 aromatic rings. The van der Waals surface area contributed by atoms with E-state index in [1.807, 2.05) is 18.2 Å². The molecule has 1 fully saturated rings. The van der Waals surface area contributed by atoms with E-state index < -0.39 is 0 Å². The Morgan fingerprint density at radius 3 is 2.71 bits per heavy atom. The molecule has 0 bridgehead atoms. The van der Waals surface area contributed by atoms with Gasteiger partial charge in [-0.1, -0.05) is 0 Å². The van der Waals surface area contributed by atoms with Crippen molar-refractivity contribution in [2.75, 3.05) is 57.4 Å². The summed E-state index contributed by atoms with van der Waals surface area (Å²) >= 11 is 0. The third-order valence-corrected chi connectivity index (χ3v) is 4.11. The fourth-order valence-electron chi connectivity index (χ4n) is 2.81. The monoisotopic (exact) mass is 290 g/mol. The van der Waals surface area contributed by atoms with E-state index in [0.29, 0.717) is 6.61 Å². The van der Waals surface area contributed by atoms with Crippen LogP contribution in [0.5, 0.6) is 5.75 Å². The van der Waals surface area contributed by atoms with E-state index in [1.165, 1.54) is 0 Å². The van der Waals surface area contributed by atoms with Crippen LogP contribution >= 0.6 is 0 Å². The summed E-state index contributed by atoms with van der Waals surface area (Å²) in [5.74, 6) is 0.977. The maximum absolute atomic E-state index is 11.6. The first-order valence-electron chi connectivity index (χ1n) is 7.57. The Kier molecular flexibility index (Phi) is 4.41. The Hall–Kier alpha value is -1.59. The normalized spacial score (nSPS) is 19.0. The molecule has 0 saturated carbocycles. The number of Topliss-reactive ketones (excluding diaryl/α,β-unsaturated/α-hetero) is 1. The summed E-state index contributed by atoms with van der Waals surface area (Å²) < 4.78 is 11.1. The summed E-state index contributed by atoms with van der Waals surface area (Å²) in [7, 11) is 0. The van der Waals surface area contributed by atoms with Gasteiger partial charge in [0, 0.05) is 31.7 Å². The number of anilines is 1. The predicted molar refractivity (Wildman–Crippen MR) is 81.4 cm³/mol. The predicted octanol–water partition coefficient (Wildman–Crippen LogP) is 1.42. The summed E-state index contributed by atoms with van der Waals surface area (Å²) in [5.41, 5.74) is 1.79. The maximum atomic E-state index is 11.6. The van der Waals surface area contributed by atoms with Gasteiger partial charge in [-0.25, -0.2) is 0 Å². The van der Waals surface area contributed by atoms with Crippen molar-refractivity contribution in [3.63, 3.8) is 0 Å². The highest BCUT2D eigenvalue weighted by Crippen LogP contribution is 2.32. The maximum Gasteiger partial charge on any atom is 0.159 e. The van der Waals surface area contributed by atoms with E-state index in [0.717, 1.165) is 62.9 Å². The number of morpholine rings is 1. The summed E-state index contributed by atoms with van der Waals surface area (Å²) in [6, 6.07) is 5.70. The highest BCUT2D eigenvalue weighted by atomic mass is 16.5. The Morgan fingerprint density at radius 1 is 1.14 bits per heavy atom. The zero-order valence-electron chi connectivity index (χ0n) is 12.5. The quantitative estimate of drug-likeness (QED) is 0.785. The number of rotatable bonds is 4. The molecule has 2 aliphatic rings. The number of ether oxygens (including phenoxy) is 2. The Morgan fingerprint density at radius 2 is 1.95 bits per heavy atom. The van der Waals surface area contributed by atoms with E-state index in [4.69, 9.17) is 9.47 Å². The van der Waals surface area contributed by atoms with Gasteiger partial charge in [0.1, 0.15) is 12.4 Å². The lowest BCUT2D eigenvalue weighted by molar-refractivity contribution is 0.0390. The van der Waals surface area contributed by atoms with Crippen LogP contribution in [0, 0.1) is 0 Å². The van der Waals surface area contributed by atoms with Crippen LogP contribution < -0.4 is 9.64 Å². The minimum atomic E-state index is 0.0940. The van der Waals surface area contributed by atoms with Crippen LogP contribution in [0.1, 0.15) is 17.3 Å². The third-order valence-electron chi connectivity index (χ3n) is 4.11. The average molecular weight is 290 g/mol. The summed E-state index contributed by atoms with van der Waals surface area (Å²) in [6.07, 6.45) is 0. The molecule has 5 nitrogen and oxygen atoms in total. The molecule has 1 saturated heterocycles. The van der Waals surface area contributed by atoms with Crippen LogP contribution in [0.15, 0.2) is 18.2 Å². The van der Waals surface area contributed by atoms with Crippen LogP contribution in [0.3, 0.4) is 0 Å². The van der Waals surface area contributed by atoms with Crippen LogP contribution in [0.25, 0.3) is 0 Å². The van der Waals surface area contributed by atoms with Crippen molar-refractivity contribution in [3.8, 4) is 5.75 Å². The van der Waals surface area contributed by atoms with Gasteiger partial charge in [-0.3, -0.25) is 9.69 Å². The van der Waals surface area contributed by atoms with Gasteiger partial charge in [0.2, 0.25) is 0 Å². The largest absolute Gasteiger partial charge is 0.490 e. The fourth-order valence-corrected chi connectivity index (χ4v) is 2.81. The molecule has 0 aromatic heterocycles. The molecule has 0 radical (unpaired) electrons. The van der Waals surface area contributed by atoms with Gasteiger partial charge < -0.3 is 14.4 Å². The van der Waals surface area contributed by atoms with Crippen molar-refractivity contribution < 1.29 is 14.3 Å². The fraction of sp³-hybridized carbons (Fsp3) is 0.562. The van der Waals surface area contributed by atoms with Crippen LogP contribution in [0.2, 0.25) is 0 Å². The Labute approximate surface area is 125 Å². The van der Waals surface area contributed by atoms with Gasteiger partial charge in [-0.2, -0.15) is 0 Å². The van der Waals surface area contributed by atoms with Crippen molar-refractivity contribution in [1.82, 2.24) is 4.90 Å². The summed E-state index contributed by atoms with van der Waals surface area (Å²) in [6.45, 7) is 8.82. The number of hydrogen-bond donors (Lipinski definition) is 0. The second-order valence-corrected chi connectivity index (χ2v) is 5.53. The highest BCUT2D eigenvalue weighted by molar-refractivity contribution is 5.95. The van der Waals surface area contributed by atoms with Crippen LogP contribution in [-0.2, 0) is 4.74 Å².